The predicted octanol–water partition coefficient (Wildman–Crippen LogP) is 3.83. The number of ether oxygens (including phenoxy) is 1. The maximum Gasteiger partial charge on any atom is 0.410 e. The molecule has 3 heterocycles. The normalized spacial score (nSPS) is 13.4. The van der Waals surface area contributed by atoms with Gasteiger partial charge in [0.25, 0.3) is 5.91 Å². The summed E-state index contributed by atoms with van der Waals surface area (Å²) < 4.78 is 7.14. The molecule has 0 radical (unpaired) electrons. The lowest BCUT2D eigenvalue weighted by molar-refractivity contribution is -0.117. The fourth-order valence-corrected chi connectivity index (χ4v) is 4.63. The molecule has 0 unspecified atom stereocenters. The van der Waals surface area contributed by atoms with Crippen LogP contribution in [0, 0.1) is 0 Å². The Morgan fingerprint density at radius 2 is 1.79 bits per heavy atom. The van der Waals surface area contributed by atoms with Crippen molar-refractivity contribution >= 4 is 23.4 Å². The van der Waals surface area contributed by atoms with Gasteiger partial charge in [0, 0.05) is 33.1 Å². The Morgan fingerprint density at radius 1 is 1.00 bits per heavy atom. The highest BCUT2D eigenvalue weighted by Crippen LogP contribution is 2.24. The number of ketones is 1. The summed E-state index contributed by atoms with van der Waals surface area (Å²) in [5, 5.41) is 18.9. The predicted molar refractivity (Wildman–Crippen MR) is 158 cm³/mol. The van der Waals surface area contributed by atoms with E-state index >= 15 is 0 Å². The molecule has 1 aromatic carbocycles. The Bertz CT molecular complexity index is 1420. The van der Waals surface area contributed by atoms with Gasteiger partial charge in [0.15, 0.2) is 5.69 Å². The van der Waals surface area contributed by atoms with E-state index in [1.54, 1.807) is 22.8 Å². The number of carbonyl (C=O) groups is 3. The van der Waals surface area contributed by atoms with E-state index in [2.05, 4.69) is 38.0 Å². The van der Waals surface area contributed by atoms with Crippen LogP contribution in [0.1, 0.15) is 73.0 Å². The molecule has 2 amide bonds. The minimum atomic E-state index is -0.516. The Hall–Kier alpha value is -4.41. The fourth-order valence-electron chi connectivity index (χ4n) is 4.63. The molecule has 3 aromatic rings. The lowest BCUT2D eigenvalue weighted by Gasteiger charge is -2.29. The van der Waals surface area contributed by atoms with Crippen LogP contribution in [0.5, 0.6) is 0 Å². The van der Waals surface area contributed by atoms with E-state index in [-0.39, 0.29) is 24.2 Å². The van der Waals surface area contributed by atoms with E-state index in [0.29, 0.717) is 37.4 Å². The number of aryl methyl sites for hydroxylation is 2. The smallest absolute Gasteiger partial charge is 0.410 e. The van der Waals surface area contributed by atoms with E-state index in [4.69, 9.17) is 4.74 Å². The number of nitrogens with one attached hydrogen (secondary N) is 1. The third kappa shape index (κ3) is 9.05. The van der Waals surface area contributed by atoms with Gasteiger partial charge < -0.3 is 15.0 Å². The number of hydrogen-bond donors (Lipinski definition) is 1. The molecule has 11 nitrogen and oxygen atoms in total. The lowest BCUT2D eigenvalue weighted by Crippen LogP contribution is -2.39. The summed E-state index contributed by atoms with van der Waals surface area (Å²) in [6, 6.07) is 11.8. The largest absolute Gasteiger partial charge is 0.444 e. The van der Waals surface area contributed by atoms with Crippen molar-refractivity contribution in [2.24, 2.45) is 0 Å². The van der Waals surface area contributed by atoms with Crippen LogP contribution in [-0.2, 0) is 35.3 Å². The molecule has 11 heteroatoms. The zero-order valence-corrected chi connectivity index (χ0v) is 24.8. The van der Waals surface area contributed by atoms with Crippen LogP contribution in [0.3, 0.4) is 0 Å². The van der Waals surface area contributed by atoms with Crippen LogP contribution >= 0.6 is 0 Å². The summed E-state index contributed by atoms with van der Waals surface area (Å²) in [4.78, 5) is 38.4. The molecule has 1 N–H and O–H groups in total. The third-order valence-corrected chi connectivity index (χ3v) is 6.78. The molecule has 1 aliphatic rings. The van der Waals surface area contributed by atoms with Crippen LogP contribution in [-0.4, -0.2) is 73.6 Å². The number of rotatable bonds is 11. The van der Waals surface area contributed by atoms with Gasteiger partial charge in [-0.05, 0) is 75.3 Å². The molecule has 0 bridgehead atoms. The summed E-state index contributed by atoms with van der Waals surface area (Å²) in [5.41, 5.74) is 4.50. The summed E-state index contributed by atoms with van der Waals surface area (Å²) in [6.07, 6.45) is 7.18. The highest BCUT2D eigenvalue weighted by Gasteiger charge is 2.24. The Morgan fingerprint density at radius 3 is 2.48 bits per heavy atom. The molecule has 0 saturated heterocycles. The van der Waals surface area contributed by atoms with E-state index in [1.807, 2.05) is 51.1 Å². The topological polar surface area (TPSA) is 132 Å². The number of carbonyl (C=O) groups excluding carboxylic acids is 3. The molecule has 0 spiro atoms. The van der Waals surface area contributed by atoms with Crippen LogP contribution in [0.15, 0.2) is 48.7 Å². The fraction of sp³-hybridized carbons (Fsp3) is 0.452. The minimum absolute atomic E-state index is 0.0758. The third-order valence-electron chi connectivity index (χ3n) is 6.78. The number of nitrogens with zero attached hydrogens (tertiary/aromatic N) is 6. The van der Waals surface area contributed by atoms with Crippen molar-refractivity contribution in [2.45, 2.75) is 71.4 Å². The second kappa shape index (κ2) is 14.0. The quantitative estimate of drug-likeness (QED) is 0.342. The number of amides is 2. The standard InChI is InChI=1S/C31H39N7O4/c1-31(2,3)42-30(41)37-16-13-23(14-17-37)24-9-7-8-22(18-24)19-27(39)20-26-12-11-25(33-34-26)10-5-6-15-38-21-28(35-36-38)29(40)32-4/h7-9,11-13,18,21H,5-6,10,14-17,19-20H2,1-4H3,(H,32,40). The van der Waals surface area contributed by atoms with Crippen LogP contribution < -0.4 is 5.32 Å². The maximum atomic E-state index is 12.8. The first-order valence-electron chi connectivity index (χ1n) is 14.3. The second-order valence-corrected chi connectivity index (χ2v) is 11.4. The first-order chi connectivity index (χ1) is 20.1. The summed E-state index contributed by atoms with van der Waals surface area (Å²) in [5.74, 6) is -0.179. The SMILES string of the molecule is CNC(=O)c1cn(CCCCc2ccc(CC(=O)Cc3cccc(C4=CCN(C(=O)OC(C)(C)C)CC4)c3)nn2)nn1. The molecule has 1 aliphatic heterocycles. The van der Waals surface area contributed by atoms with Gasteiger partial charge in [-0.15, -0.1) is 5.10 Å². The Balaban J connectivity index is 1.21. The Kier molecular flexibility index (Phi) is 10.2. The average Bonchev–Trinajstić information content (AvgIpc) is 3.44. The van der Waals surface area contributed by atoms with E-state index in [0.717, 1.165) is 42.5 Å². The highest BCUT2D eigenvalue weighted by molar-refractivity contribution is 5.91. The second-order valence-electron chi connectivity index (χ2n) is 11.4. The molecular weight excluding hydrogens is 534 g/mol. The van der Waals surface area contributed by atoms with E-state index in [9.17, 15) is 14.4 Å². The van der Waals surface area contributed by atoms with Crippen molar-refractivity contribution in [1.82, 2.24) is 35.4 Å². The molecule has 222 valence electrons. The van der Waals surface area contributed by atoms with Crippen LogP contribution in [0.25, 0.3) is 5.57 Å². The van der Waals surface area contributed by atoms with Gasteiger partial charge in [-0.25, -0.2) is 4.79 Å². The first kappa shape index (κ1) is 30.5. The molecule has 0 fully saturated rings. The van der Waals surface area contributed by atoms with Gasteiger partial charge in [0.1, 0.15) is 11.4 Å². The first-order valence-corrected chi connectivity index (χ1v) is 14.3. The van der Waals surface area contributed by atoms with Gasteiger partial charge in [-0.1, -0.05) is 35.6 Å². The van der Waals surface area contributed by atoms with Gasteiger partial charge >= 0.3 is 6.09 Å². The minimum Gasteiger partial charge on any atom is -0.444 e. The zero-order valence-electron chi connectivity index (χ0n) is 24.8. The number of Topliss-reactive ketones (excluding diaryl/α,β-unsaturated/α-hetero) is 1. The molecule has 0 atom stereocenters. The monoisotopic (exact) mass is 573 g/mol. The molecule has 42 heavy (non-hydrogen) atoms. The van der Waals surface area contributed by atoms with Crippen molar-refractivity contribution in [3.05, 3.63) is 76.9 Å². The van der Waals surface area contributed by atoms with Gasteiger partial charge in [-0.2, -0.15) is 10.2 Å². The summed E-state index contributed by atoms with van der Waals surface area (Å²) in [6.45, 7) is 7.35. The summed E-state index contributed by atoms with van der Waals surface area (Å²) >= 11 is 0. The van der Waals surface area contributed by atoms with Crippen molar-refractivity contribution in [3.8, 4) is 0 Å². The number of hydrogen-bond acceptors (Lipinski definition) is 8. The number of unbranched alkanes of at least 4 members (excludes halogenated alkanes) is 1. The molecule has 2 aromatic heterocycles. The average molecular weight is 574 g/mol. The zero-order chi connectivity index (χ0) is 30.1. The van der Waals surface area contributed by atoms with Crippen molar-refractivity contribution < 1.29 is 19.1 Å². The van der Waals surface area contributed by atoms with E-state index in [1.165, 1.54) is 5.57 Å². The number of benzene rings is 1. The van der Waals surface area contributed by atoms with Crippen LogP contribution in [0.2, 0.25) is 0 Å². The Labute approximate surface area is 246 Å². The lowest BCUT2D eigenvalue weighted by atomic mass is 9.96. The van der Waals surface area contributed by atoms with Gasteiger partial charge in [0.05, 0.1) is 24.0 Å². The van der Waals surface area contributed by atoms with Gasteiger partial charge in [0.2, 0.25) is 0 Å². The highest BCUT2D eigenvalue weighted by atomic mass is 16.6. The number of aromatic nitrogens is 5. The molecule has 4 rings (SSSR count). The van der Waals surface area contributed by atoms with E-state index < -0.39 is 5.60 Å². The molecule has 0 aliphatic carbocycles. The van der Waals surface area contributed by atoms with Gasteiger partial charge in [-0.3, -0.25) is 14.3 Å². The van der Waals surface area contributed by atoms with Crippen molar-refractivity contribution in [3.63, 3.8) is 0 Å². The van der Waals surface area contributed by atoms with Crippen LogP contribution in [0.4, 0.5) is 4.79 Å². The summed E-state index contributed by atoms with van der Waals surface area (Å²) in [7, 11) is 1.56. The van der Waals surface area contributed by atoms with Crippen molar-refractivity contribution in [1.29, 1.82) is 0 Å². The molecular formula is C31H39N7O4. The maximum absolute atomic E-state index is 12.8. The van der Waals surface area contributed by atoms with Crippen molar-refractivity contribution in [2.75, 3.05) is 20.1 Å². The molecule has 0 saturated carbocycles.